The number of ether oxygens (including phenoxy) is 1. The summed E-state index contributed by atoms with van der Waals surface area (Å²) >= 11 is 1.12. The number of carbonyl (C=O) groups is 1. The first-order chi connectivity index (χ1) is 15.5. The van der Waals surface area contributed by atoms with Gasteiger partial charge in [0.1, 0.15) is 5.75 Å². The van der Waals surface area contributed by atoms with Gasteiger partial charge in [-0.1, -0.05) is 43.0 Å². The molecule has 0 bridgehead atoms. The minimum Gasteiger partial charge on any atom is -0.433 e. The predicted octanol–water partition coefficient (Wildman–Crippen LogP) is 3.79. The molecule has 0 saturated heterocycles. The number of carbonyl (C=O) groups excluding carboxylic acids is 1. The molecule has 2 aromatic heterocycles. The Hall–Kier alpha value is -3.47. The third kappa shape index (κ3) is 4.28. The van der Waals surface area contributed by atoms with E-state index in [1.165, 1.54) is 18.2 Å². The van der Waals surface area contributed by atoms with Crippen molar-refractivity contribution in [2.45, 2.75) is 31.7 Å². The Morgan fingerprint density at radius 3 is 2.69 bits per heavy atom. The van der Waals surface area contributed by atoms with Crippen LogP contribution >= 0.6 is 11.8 Å². The quantitative estimate of drug-likeness (QED) is 0.403. The number of fused-ring (bicyclic) bond motifs is 3. The zero-order chi connectivity index (χ0) is 22.7. The molecule has 1 N–H and O–H groups in total. The van der Waals surface area contributed by atoms with Crippen LogP contribution in [0.15, 0.2) is 58.5 Å². The molecule has 0 aliphatic heterocycles. The minimum atomic E-state index is -3.00. The highest BCUT2D eigenvalue weighted by molar-refractivity contribution is 7.99. The first kappa shape index (κ1) is 21.8. The molecule has 2 aromatic carbocycles. The summed E-state index contributed by atoms with van der Waals surface area (Å²) in [6.07, 6.45) is 0.742. The lowest BCUT2D eigenvalue weighted by molar-refractivity contribution is -0.113. The summed E-state index contributed by atoms with van der Waals surface area (Å²) in [4.78, 5) is 25.3. The number of amides is 1. The van der Waals surface area contributed by atoms with Crippen LogP contribution in [0.4, 0.5) is 14.5 Å². The third-order valence-corrected chi connectivity index (χ3v) is 5.56. The second-order valence-electron chi connectivity index (χ2n) is 6.80. The van der Waals surface area contributed by atoms with Crippen molar-refractivity contribution >= 4 is 40.0 Å². The molecule has 32 heavy (non-hydrogen) atoms. The molecule has 1 amide bonds. The molecular formula is C21H19F2N5O3S. The van der Waals surface area contributed by atoms with Crippen molar-refractivity contribution in [3.63, 3.8) is 0 Å². The fraction of sp³-hybridized carbons (Fsp3) is 0.238. The number of benzene rings is 2. The monoisotopic (exact) mass is 459 g/mol. The number of aryl methyl sites for hydroxylation is 1. The van der Waals surface area contributed by atoms with Crippen molar-refractivity contribution in [3.8, 4) is 5.75 Å². The fourth-order valence-electron chi connectivity index (χ4n) is 3.34. The fourth-order valence-corrected chi connectivity index (χ4v) is 4.08. The first-order valence-corrected chi connectivity index (χ1v) is 10.8. The molecule has 11 heteroatoms. The van der Waals surface area contributed by atoms with E-state index in [-0.39, 0.29) is 22.7 Å². The molecule has 0 atom stereocenters. The van der Waals surface area contributed by atoms with E-state index in [1.54, 1.807) is 33.2 Å². The van der Waals surface area contributed by atoms with Gasteiger partial charge in [-0.3, -0.25) is 18.6 Å². The molecule has 0 saturated carbocycles. The number of thioether (sulfide) groups is 1. The lowest BCUT2D eigenvalue weighted by atomic mass is 10.2. The van der Waals surface area contributed by atoms with Gasteiger partial charge in [0, 0.05) is 6.54 Å². The van der Waals surface area contributed by atoms with Crippen LogP contribution in [0, 0.1) is 0 Å². The van der Waals surface area contributed by atoms with Gasteiger partial charge in [0.2, 0.25) is 11.7 Å². The highest BCUT2D eigenvalue weighted by Gasteiger charge is 2.18. The molecule has 8 nitrogen and oxygen atoms in total. The largest absolute Gasteiger partial charge is 0.433 e. The standard InChI is InChI=1S/C21H19F2N5O3S/c1-2-11-27-18(30)13-7-3-5-9-15(13)28-20(27)25-26-21(28)32-12-17(29)24-14-8-4-6-10-16(14)31-19(22)23/h3-10,19H,2,11-12H2,1H3,(H,24,29). The summed E-state index contributed by atoms with van der Waals surface area (Å²) in [6.45, 7) is -0.555. The molecular weight excluding hydrogens is 440 g/mol. The summed E-state index contributed by atoms with van der Waals surface area (Å²) in [5.41, 5.74) is 0.641. The number of alkyl halides is 2. The topological polar surface area (TPSA) is 90.5 Å². The van der Waals surface area contributed by atoms with Crippen molar-refractivity contribution in [2.24, 2.45) is 0 Å². The first-order valence-electron chi connectivity index (χ1n) is 9.82. The van der Waals surface area contributed by atoms with Crippen molar-refractivity contribution in [3.05, 3.63) is 58.9 Å². The van der Waals surface area contributed by atoms with Crippen LogP contribution in [0.5, 0.6) is 5.75 Å². The van der Waals surface area contributed by atoms with Crippen molar-refractivity contribution < 1.29 is 18.3 Å². The Labute approximate surface area is 185 Å². The van der Waals surface area contributed by atoms with E-state index in [2.05, 4.69) is 20.3 Å². The van der Waals surface area contributed by atoms with Crippen LogP contribution in [-0.2, 0) is 11.3 Å². The maximum absolute atomic E-state index is 12.9. The lowest BCUT2D eigenvalue weighted by Gasteiger charge is -2.12. The van der Waals surface area contributed by atoms with Gasteiger partial charge in [-0.25, -0.2) is 0 Å². The number of halogens is 2. The van der Waals surface area contributed by atoms with E-state index < -0.39 is 12.5 Å². The molecule has 0 aliphatic rings. The maximum Gasteiger partial charge on any atom is 0.387 e. The Bertz CT molecular complexity index is 1340. The van der Waals surface area contributed by atoms with E-state index >= 15 is 0 Å². The highest BCUT2D eigenvalue weighted by Crippen LogP contribution is 2.26. The molecule has 0 unspecified atom stereocenters. The Balaban J connectivity index is 1.61. The van der Waals surface area contributed by atoms with E-state index in [9.17, 15) is 18.4 Å². The van der Waals surface area contributed by atoms with Gasteiger partial charge in [0.05, 0.1) is 22.3 Å². The van der Waals surface area contributed by atoms with Crippen molar-refractivity contribution in [1.29, 1.82) is 0 Å². The van der Waals surface area contributed by atoms with E-state index in [1.807, 2.05) is 13.0 Å². The summed E-state index contributed by atoms with van der Waals surface area (Å²) in [6, 6.07) is 13.1. The second kappa shape index (κ2) is 9.35. The van der Waals surface area contributed by atoms with Gasteiger partial charge in [0.25, 0.3) is 5.56 Å². The lowest BCUT2D eigenvalue weighted by Crippen LogP contribution is -2.23. The molecule has 0 aliphatic carbocycles. The van der Waals surface area contributed by atoms with Crippen LogP contribution < -0.4 is 15.6 Å². The van der Waals surface area contributed by atoms with Gasteiger partial charge in [-0.2, -0.15) is 8.78 Å². The SMILES string of the molecule is CCCn1c(=O)c2ccccc2n2c(SCC(=O)Nc3ccccc3OC(F)F)nnc12. The van der Waals surface area contributed by atoms with Crippen LogP contribution in [0.1, 0.15) is 13.3 Å². The number of nitrogens with zero attached hydrogens (tertiary/aromatic N) is 4. The summed E-state index contributed by atoms with van der Waals surface area (Å²) in [7, 11) is 0. The molecule has 4 rings (SSSR count). The minimum absolute atomic E-state index is 0.0506. The van der Waals surface area contributed by atoms with Crippen LogP contribution in [0.25, 0.3) is 16.7 Å². The third-order valence-electron chi connectivity index (χ3n) is 4.63. The molecule has 0 spiro atoms. The van der Waals surface area contributed by atoms with Crippen molar-refractivity contribution in [1.82, 2.24) is 19.2 Å². The number of para-hydroxylation sites is 3. The zero-order valence-electron chi connectivity index (χ0n) is 17.0. The normalized spacial score (nSPS) is 11.4. The summed E-state index contributed by atoms with van der Waals surface area (Å²) in [5.74, 6) is -0.203. The average molecular weight is 459 g/mol. The maximum atomic E-state index is 12.9. The average Bonchev–Trinajstić information content (AvgIpc) is 3.20. The van der Waals surface area contributed by atoms with E-state index in [0.717, 1.165) is 18.2 Å². The van der Waals surface area contributed by atoms with Crippen LogP contribution in [0.2, 0.25) is 0 Å². The van der Waals surface area contributed by atoms with Gasteiger partial charge >= 0.3 is 6.61 Å². The van der Waals surface area contributed by atoms with E-state index in [0.29, 0.717) is 28.4 Å². The zero-order valence-corrected chi connectivity index (χ0v) is 17.8. The molecule has 2 heterocycles. The number of rotatable bonds is 8. The molecule has 0 radical (unpaired) electrons. The number of anilines is 1. The smallest absolute Gasteiger partial charge is 0.387 e. The summed E-state index contributed by atoms with van der Waals surface area (Å²) < 4.78 is 32.9. The van der Waals surface area contributed by atoms with Gasteiger partial charge in [0.15, 0.2) is 5.16 Å². The molecule has 0 fully saturated rings. The number of hydrogen-bond donors (Lipinski definition) is 1. The highest BCUT2D eigenvalue weighted by atomic mass is 32.2. The Morgan fingerprint density at radius 1 is 1.16 bits per heavy atom. The van der Waals surface area contributed by atoms with Gasteiger partial charge in [-0.05, 0) is 30.7 Å². The molecule has 4 aromatic rings. The molecule has 166 valence electrons. The van der Waals surface area contributed by atoms with Crippen LogP contribution in [-0.4, -0.2) is 37.4 Å². The summed E-state index contributed by atoms with van der Waals surface area (Å²) in [5, 5.41) is 11.9. The number of aromatic nitrogens is 4. The van der Waals surface area contributed by atoms with Crippen LogP contribution in [0.3, 0.4) is 0 Å². The second-order valence-corrected chi connectivity index (χ2v) is 7.75. The number of hydrogen-bond acceptors (Lipinski definition) is 6. The van der Waals surface area contributed by atoms with Gasteiger partial charge < -0.3 is 10.1 Å². The Morgan fingerprint density at radius 2 is 1.91 bits per heavy atom. The number of nitrogens with one attached hydrogen (secondary N) is 1. The van der Waals surface area contributed by atoms with Crippen molar-refractivity contribution in [2.75, 3.05) is 11.1 Å². The van der Waals surface area contributed by atoms with Gasteiger partial charge in [-0.15, -0.1) is 10.2 Å². The predicted molar refractivity (Wildman–Crippen MR) is 117 cm³/mol. The van der Waals surface area contributed by atoms with E-state index in [4.69, 9.17) is 0 Å². The Kier molecular flexibility index (Phi) is 6.35.